The Morgan fingerprint density at radius 1 is 1.45 bits per heavy atom. The highest BCUT2D eigenvalue weighted by Crippen LogP contribution is 2.18. The van der Waals surface area contributed by atoms with E-state index >= 15 is 0 Å². The molecule has 3 N–H and O–H groups in total. The minimum absolute atomic E-state index is 0.0889. The highest BCUT2D eigenvalue weighted by Gasteiger charge is 2.27. The molecule has 0 aromatic heterocycles. The number of carbonyl (C=O) groups excluding carboxylic acids is 1. The Labute approximate surface area is 119 Å². The predicted molar refractivity (Wildman–Crippen MR) is 76.7 cm³/mol. The van der Waals surface area contributed by atoms with Gasteiger partial charge in [-0.05, 0) is 30.5 Å². The van der Waals surface area contributed by atoms with Crippen molar-refractivity contribution in [3.63, 3.8) is 0 Å². The first-order chi connectivity index (χ1) is 9.35. The van der Waals surface area contributed by atoms with Crippen LogP contribution in [0.2, 0.25) is 0 Å². The fourth-order valence-corrected chi connectivity index (χ4v) is 1.76. The Hall–Kier alpha value is -1.62. The number of rotatable bonds is 6. The summed E-state index contributed by atoms with van der Waals surface area (Å²) in [4.78, 5) is 11.6. The average Bonchev–Trinajstić information content (AvgIpc) is 2.42. The normalized spacial score (nSPS) is 15.2. The number of aliphatic hydroxyl groups is 1. The zero-order chi connectivity index (χ0) is 15.2. The first-order valence-electron chi connectivity index (χ1n) is 6.83. The molecule has 0 saturated heterocycles. The maximum Gasteiger partial charge on any atom is 0.315 e. The second kappa shape index (κ2) is 7.24. The first-order valence-corrected chi connectivity index (χ1v) is 6.83. The second-order valence-corrected chi connectivity index (χ2v) is 5.33. The van der Waals surface area contributed by atoms with Crippen LogP contribution in [0.15, 0.2) is 24.3 Å². The summed E-state index contributed by atoms with van der Waals surface area (Å²) in [6.07, 6.45) is 0.833. The van der Waals surface area contributed by atoms with E-state index < -0.39 is 5.60 Å². The molecular weight excluding hydrogens is 259 g/mol. The zero-order valence-corrected chi connectivity index (χ0v) is 12.2. The van der Waals surface area contributed by atoms with Crippen molar-refractivity contribution in [2.24, 2.45) is 5.92 Å². The van der Waals surface area contributed by atoms with Gasteiger partial charge in [0.15, 0.2) is 0 Å². The number of hydrogen-bond acceptors (Lipinski definition) is 2. The molecule has 2 atom stereocenters. The van der Waals surface area contributed by atoms with E-state index in [1.54, 1.807) is 19.1 Å². The van der Waals surface area contributed by atoms with E-state index in [9.17, 15) is 14.3 Å². The van der Waals surface area contributed by atoms with E-state index in [0.717, 1.165) is 6.42 Å². The molecule has 1 rings (SSSR count). The second-order valence-electron chi connectivity index (χ2n) is 5.33. The summed E-state index contributed by atoms with van der Waals surface area (Å²) in [6, 6.07) is 5.68. The molecule has 0 aliphatic carbocycles. The molecule has 0 saturated carbocycles. The van der Waals surface area contributed by atoms with Crippen LogP contribution in [0.5, 0.6) is 0 Å². The molecular formula is C15H23FN2O2. The van der Waals surface area contributed by atoms with Crippen molar-refractivity contribution < 1.29 is 14.3 Å². The lowest BCUT2D eigenvalue weighted by Crippen LogP contribution is -2.47. The molecule has 0 bridgehead atoms. The lowest BCUT2D eigenvalue weighted by Gasteiger charge is -2.29. The van der Waals surface area contributed by atoms with E-state index in [0.29, 0.717) is 5.56 Å². The maximum atomic E-state index is 13.0. The van der Waals surface area contributed by atoms with Gasteiger partial charge in [0.25, 0.3) is 0 Å². The van der Waals surface area contributed by atoms with Gasteiger partial charge in [-0.15, -0.1) is 0 Å². The number of carbonyl (C=O) groups is 1. The first kappa shape index (κ1) is 16.4. The standard InChI is InChI=1S/C15H23FN2O2/c1-4-11(2)15(3,20)10-18-14(19)17-9-12-6-5-7-13(16)8-12/h5-8,11,20H,4,9-10H2,1-3H3,(H2,17,18,19). The van der Waals surface area contributed by atoms with E-state index in [-0.39, 0.29) is 30.9 Å². The van der Waals surface area contributed by atoms with Crippen LogP contribution in [0.1, 0.15) is 32.8 Å². The molecule has 2 amide bonds. The molecule has 0 radical (unpaired) electrons. The zero-order valence-electron chi connectivity index (χ0n) is 12.2. The van der Waals surface area contributed by atoms with Crippen molar-refractivity contribution in [3.05, 3.63) is 35.6 Å². The molecule has 4 nitrogen and oxygen atoms in total. The Bertz CT molecular complexity index is 449. The summed E-state index contributed by atoms with van der Waals surface area (Å²) < 4.78 is 13.0. The number of hydrogen-bond donors (Lipinski definition) is 3. The van der Waals surface area contributed by atoms with Crippen molar-refractivity contribution in [1.82, 2.24) is 10.6 Å². The SMILES string of the molecule is CCC(C)C(C)(O)CNC(=O)NCc1cccc(F)c1. The Balaban J connectivity index is 2.37. The van der Waals surface area contributed by atoms with Crippen LogP contribution in [0.4, 0.5) is 9.18 Å². The predicted octanol–water partition coefficient (Wildman–Crippen LogP) is 2.42. The summed E-state index contributed by atoms with van der Waals surface area (Å²) in [5, 5.41) is 15.4. The monoisotopic (exact) mass is 282 g/mol. The lowest BCUT2D eigenvalue weighted by molar-refractivity contribution is 0.00790. The molecule has 1 aromatic carbocycles. The van der Waals surface area contributed by atoms with Crippen LogP contribution in [0.25, 0.3) is 0 Å². The van der Waals surface area contributed by atoms with Crippen LogP contribution in [-0.4, -0.2) is 23.3 Å². The molecule has 0 aliphatic heterocycles. The van der Waals surface area contributed by atoms with Crippen molar-refractivity contribution in [2.45, 2.75) is 39.3 Å². The number of benzene rings is 1. The molecule has 5 heteroatoms. The minimum atomic E-state index is -0.940. The van der Waals surface area contributed by atoms with Gasteiger partial charge >= 0.3 is 6.03 Å². The number of urea groups is 1. The van der Waals surface area contributed by atoms with Crippen molar-refractivity contribution in [1.29, 1.82) is 0 Å². The molecule has 0 heterocycles. The van der Waals surface area contributed by atoms with Crippen LogP contribution < -0.4 is 10.6 Å². The summed E-state index contributed by atoms with van der Waals surface area (Å²) in [5.41, 5.74) is -0.251. The quantitative estimate of drug-likeness (QED) is 0.750. The molecule has 2 unspecified atom stereocenters. The molecule has 20 heavy (non-hydrogen) atoms. The van der Waals surface area contributed by atoms with Gasteiger partial charge in [0.2, 0.25) is 0 Å². The van der Waals surface area contributed by atoms with Gasteiger partial charge in [-0.1, -0.05) is 32.4 Å². The van der Waals surface area contributed by atoms with Crippen LogP contribution >= 0.6 is 0 Å². The highest BCUT2D eigenvalue weighted by molar-refractivity contribution is 5.73. The Morgan fingerprint density at radius 2 is 2.15 bits per heavy atom. The summed E-state index contributed by atoms with van der Waals surface area (Å²) in [6.45, 7) is 6.05. The molecule has 112 valence electrons. The third-order valence-corrected chi connectivity index (χ3v) is 3.62. The Morgan fingerprint density at radius 3 is 2.75 bits per heavy atom. The van der Waals surface area contributed by atoms with E-state index in [4.69, 9.17) is 0 Å². The average molecular weight is 282 g/mol. The van der Waals surface area contributed by atoms with E-state index in [1.165, 1.54) is 12.1 Å². The van der Waals surface area contributed by atoms with Crippen LogP contribution in [0, 0.1) is 11.7 Å². The number of halogens is 1. The van der Waals surface area contributed by atoms with Gasteiger partial charge in [-0.2, -0.15) is 0 Å². The molecule has 1 aromatic rings. The van der Waals surface area contributed by atoms with Crippen LogP contribution in [0.3, 0.4) is 0 Å². The lowest BCUT2D eigenvalue weighted by atomic mass is 9.89. The van der Waals surface area contributed by atoms with Crippen molar-refractivity contribution >= 4 is 6.03 Å². The highest BCUT2D eigenvalue weighted by atomic mass is 19.1. The third-order valence-electron chi connectivity index (χ3n) is 3.62. The van der Waals surface area contributed by atoms with E-state index in [1.807, 2.05) is 13.8 Å². The fraction of sp³-hybridized carbons (Fsp3) is 0.533. The third kappa shape index (κ3) is 5.17. The van der Waals surface area contributed by atoms with Gasteiger partial charge in [0.05, 0.1) is 5.60 Å². The fourth-order valence-electron chi connectivity index (χ4n) is 1.76. The largest absolute Gasteiger partial charge is 0.388 e. The van der Waals surface area contributed by atoms with E-state index in [2.05, 4.69) is 10.6 Å². The van der Waals surface area contributed by atoms with Crippen molar-refractivity contribution in [2.75, 3.05) is 6.54 Å². The number of amides is 2. The molecule has 0 spiro atoms. The maximum absolute atomic E-state index is 13.0. The van der Waals surface area contributed by atoms with Gasteiger partial charge < -0.3 is 15.7 Å². The molecule has 0 fully saturated rings. The molecule has 0 aliphatic rings. The van der Waals surface area contributed by atoms with Gasteiger partial charge in [0.1, 0.15) is 5.82 Å². The van der Waals surface area contributed by atoms with Gasteiger partial charge in [-0.3, -0.25) is 0 Å². The van der Waals surface area contributed by atoms with Crippen molar-refractivity contribution in [3.8, 4) is 0 Å². The summed E-state index contributed by atoms with van der Waals surface area (Å²) in [7, 11) is 0. The summed E-state index contributed by atoms with van der Waals surface area (Å²) in [5.74, 6) is -0.240. The van der Waals surface area contributed by atoms with Gasteiger partial charge in [0, 0.05) is 13.1 Å². The minimum Gasteiger partial charge on any atom is -0.388 e. The Kier molecular flexibility index (Phi) is 5.95. The summed E-state index contributed by atoms with van der Waals surface area (Å²) >= 11 is 0. The van der Waals surface area contributed by atoms with Crippen LogP contribution in [-0.2, 0) is 6.54 Å². The topological polar surface area (TPSA) is 61.4 Å². The number of nitrogens with one attached hydrogen (secondary N) is 2. The van der Waals surface area contributed by atoms with Gasteiger partial charge in [-0.25, -0.2) is 9.18 Å². The smallest absolute Gasteiger partial charge is 0.315 e.